The Morgan fingerprint density at radius 2 is 2.07 bits per heavy atom. The molecule has 152 valence electrons. The van der Waals surface area contributed by atoms with Crippen LogP contribution in [0.5, 0.6) is 11.5 Å². The van der Waals surface area contributed by atoms with Gasteiger partial charge < -0.3 is 14.5 Å². The van der Waals surface area contributed by atoms with Crippen LogP contribution in [0.1, 0.15) is 25.8 Å². The SMILES string of the molecule is CC[C@@H](C)Oc1c(OC)cc(C=Nn2c(=O)[nH]c3ccccc3c2=O)c(Br)c1Cl. The van der Waals surface area contributed by atoms with Gasteiger partial charge in [-0.2, -0.15) is 5.10 Å². The quantitative estimate of drug-likeness (QED) is 0.537. The zero-order valence-corrected chi connectivity index (χ0v) is 18.4. The molecule has 1 N–H and O–H groups in total. The van der Waals surface area contributed by atoms with Gasteiger partial charge in [0.15, 0.2) is 11.5 Å². The molecule has 1 atom stereocenters. The molecular weight excluding hydrogens is 462 g/mol. The van der Waals surface area contributed by atoms with Crippen molar-refractivity contribution >= 4 is 44.6 Å². The van der Waals surface area contributed by atoms with Gasteiger partial charge >= 0.3 is 5.69 Å². The number of nitrogens with zero attached hydrogens (tertiary/aromatic N) is 2. The number of para-hydroxylation sites is 1. The van der Waals surface area contributed by atoms with Crippen molar-refractivity contribution in [3.63, 3.8) is 0 Å². The number of hydrogen-bond donors (Lipinski definition) is 1. The molecule has 0 spiro atoms. The number of ether oxygens (including phenoxy) is 2. The van der Waals surface area contributed by atoms with E-state index in [1.165, 1.54) is 13.3 Å². The lowest BCUT2D eigenvalue weighted by atomic mass is 10.2. The summed E-state index contributed by atoms with van der Waals surface area (Å²) in [4.78, 5) is 27.5. The van der Waals surface area contributed by atoms with Crippen LogP contribution >= 0.6 is 27.5 Å². The summed E-state index contributed by atoms with van der Waals surface area (Å²) in [6.07, 6.45) is 2.10. The molecule has 0 bridgehead atoms. The molecule has 1 aromatic heterocycles. The molecule has 0 fully saturated rings. The van der Waals surface area contributed by atoms with E-state index in [0.717, 1.165) is 11.1 Å². The third-order valence-corrected chi connectivity index (χ3v) is 5.81. The maximum Gasteiger partial charge on any atom is 0.349 e. The van der Waals surface area contributed by atoms with Crippen molar-refractivity contribution in [2.24, 2.45) is 5.10 Å². The van der Waals surface area contributed by atoms with Crippen molar-refractivity contribution < 1.29 is 9.47 Å². The molecule has 9 heteroatoms. The van der Waals surface area contributed by atoms with E-state index in [1.807, 2.05) is 13.8 Å². The highest BCUT2D eigenvalue weighted by Crippen LogP contribution is 2.42. The van der Waals surface area contributed by atoms with Gasteiger partial charge in [-0.05, 0) is 47.5 Å². The number of hydrogen-bond acceptors (Lipinski definition) is 5. The molecule has 0 aliphatic carbocycles. The number of nitrogens with one attached hydrogen (secondary N) is 1. The lowest BCUT2D eigenvalue weighted by molar-refractivity contribution is 0.207. The van der Waals surface area contributed by atoms with Gasteiger partial charge in [-0.15, -0.1) is 4.68 Å². The number of fused-ring (bicyclic) bond motifs is 1. The van der Waals surface area contributed by atoms with Gasteiger partial charge in [-0.1, -0.05) is 30.7 Å². The standard InChI is InChI=1S/C20H19BrClN3O4/c1-4-11(2)29-18-15(28-3)9-12(16(21)17(18)22)10-23-25-19(26)13-7-5-6-8-14(13)24-20(25)27/h5-11H,4H2,1-3H3,(H,24,27)/t11-/m1/s1. The Balaban J connectivity index is 2.08. The molecular formula is C20H19BrClN3O4. The van der Waals surface area contributed by atoms with E-state index >= 15 is 0 Å². The zero-order valence-electron chi connectivity index (χ0n) is 16.0. The average molecular weight is 481 g/mol. The van der Waals surface area contributed by atoms with E-state index in [4.69, 9.17) is 21.1 Å². The van der Waals surface area contributed by atoms with Gasteiger partial charge in [-0.3, -0.25) is 4.79 Å². The Morgan fingerprint density at radius 3 is 2.76 bits per heavy atom. The maximum absolute atomic E-state index is 12.6. The first-order valence-corrected chi connectivity index (χ1v) is 10.1. The molecule has 0 unspecified atom stereocenters. The van der Waals surface area contributed by atoms with Crippen LogP contribution in [0.2, 0.25) is 5.02 Å². The van der Waals surface area contributed by atoms with E-state index in [0.29, 0.717) is 37.5 Å². The summed E-state index contributed by atoms with van der Waals surface area (Å²) in [6.45, 7) is 3.93. The van der Waals surface area contributed by atoms with Gasteiger partial charge in [0.05, 0.1) is 30.3 Å². The molecule has 7 nitrogen and oxygen atoms in total. The Hall–Kier alpha value is -2.58. The summed E-state index contributed by atoms with van der Waals surface area (Å²) in [6, 6.07) is 8.39. The number of benzene rings is 2. The predicted octanol–water partition coefficient (Wildman–Crippen LogP) is 4.17. The number of methoxy groups -OCH3 is 1. The second kappa shape index (κ2) is 8.84. The van der Waals surface area contributed by atoms with Crippen LogP contribution in [0.4, 0.5) is 0 Å². The summed E-state index contributed by atoms with van der Waals surface area (Å²) in [5.41, 5.74) is -0.198. The van der Waals surface area contributed by atoms with Gasteiger partial charge in [0.2, 0.25) is 0 Å². The number of aromatic nitrogens is 2. The molecule has 29 heavy (non-hydrogen) atoms. The fraction of sp³-hybridized carbons (Fsp3) is 0.250. The number of aromatic amines is 1. The van der Waals surface area contributed by atoms with Crippen molar-refractivity contribution in [2.75, 3.05) is 7.11 Å². The summed E-state index contributed by atoms with van der Waals surface area (Å²) < 4.78 is 12.5. The van der Waals surface area contributed by atoms with Gasteiger partial charge in [0.25, 0.3) is 5.56 Å². The molecule has 2 aromatic carbocycles. The first kappa shape index (κ1) is 21.1. The molecule has 0 radical (unpaired) electrons. The van der Waals surface area contributed by atoms with E-state index in [1.54, 1.807) is 30.3 Å². The second-order valence-corrected chi connectivity index (χ2v) is 7.47. The number of halogens is 2. The summed E-state index contributed by atoms with van der Waals surface area (Å²) in [5, 5.41) is 4.73. The lowest BCUT2D eigenvalue weighted by Gasteiger charge is -2.18. The molecule has 3 rings (SSSR count). The molecule has 3 aromatic rings. The molecule has 0 aliphatic heterocycles. The molecule has 0 amide bonds. The van der Waals surface area contributed by atoms with Crippen molar-refractivity contribution in [1.29, 1.82) is 0 Å². The number of rotatable bonds is 6. The fourth-order valence-electron chi connectivity index (χ4n) is 2.62. The third kappa shape index (κ3) is 4.23. The summed E-state index contributed by atoms with van der Waals surface area (Å²) in [5.74, 6) is 0.827. The first-order valence-electron chi connectivity index (χ1n) is 8.88. The summed E-state index contributed by atoms with van der Waals surface area (Å²) in [7, 11) is 1.50. The minimum absolute atomic E-state index is 0.0532. The van der Waals surface area contributed by atoms with Crippen LogP contribution in [0.3, 0.4) is 0 Å². The smallest absolute Gasteiger partial charge is 0.349 e. The Labute approximate surface area is 180 Å². The van der Waals surface area contributed by atoms with E-state index in [2.05, 4.69) is 26.0 Å². The highest BCUT2D eigenvalue weighted by molar-refractivity contribution is 9.10. The third-order valence-electron chi connectivity index (χ3n) is 4.37. The first-order chi connectivity index (χ1) is 13.9. The highest BCUT2D eigenvalue weighted by atomic mass is 79.9. The molecule has 1 heterocycles. The molecule has 0 saturated heterocycles. The monoisotopic (exact) mass is 479 g/mol. The minimum Gasteiger partial charge on any atom is -0.493 e. The zero-order chi connectivity index (χ0) is 21.1. The Morgan fingerprint density at radius 1 is 1.34 bits per heavy atom. The highest BCUT2D eigenvalue weighted by Gasteiger charge is 2.18. The Bertz CT molecular complexity index is 1200. The largest absolute Gasteiger partial charge is 0.493 e. The van der Waals surface area contributed by atoms with Crippen LogP contribution < -0.4 is 20.7 Å². The summed E-state index contributed by atoms with van der Waals surface area (Å²) >= 11 is 9.88. The van der Waals surface area contributed by atoms with Crippen LogP contribution in [0, 0.1) is 0 Å². The second-order valence-electron chi connectivity index (χ2n) is 6.30. The van der Waals surface area contributed by atoms with Crippen molar-refractivity contribution in [1.82, 2.24) is 9.66 Å². The van der Waals surface area contributed by atoms with Crippen molar-refractivity contribution in [2.45, 2.75) is 26.4 Å². The van der Waals surface area contributed by atoms with Crippen LogP contribution in [0.25, 0.3) is 10.9 Å². The van der Waals surface area contributed by atoms with Crippen LogP contribution in [-0.2, 0) is 0 Å². The van der Waals surface area contributed by atoms with Gasteiger partial charge in [0, 0.05) is 10.0 Å². The minimum atomic E-state index is -0.643. The lowest BCUT2D eigenvalue weighted by Crippen LogP contribution is -2.32. The van der Waals surface area contributed by atoms with Crippen LogP contribution in [-0.4, -0.2) is 29.1 Å². The Kier molecular flexibility index (Phi) is 6.44. The predicted molar refractivity (Wildman–Crippen MR) is 118 cm³/mol. The fourth-order valence-corrected chi connectivity index (χ4v) is 3.27. The van der Waals surface area contributed by atoms with E-state index in [9.17, 15) is 9.59 Å². The molecule has 0 aliphatic rings. The van der Waals surface area contributed by atoms with Crippen LogP contribution in [0.15, 0.2) is 49.5 Å². The van der Waals surface area contributed by atoms with Gasteiger partial charge in [-0.25, -0.2) is 4.79 Å². The maximum atomic E-state index is 12.6. The van der Waals surface area contributed by atoms with Crippen molar-refractivity contribution in [3.05, 3.63) is 66.2 Å². The topological polar surface area (TPSA) is 85.7 Å². The normalized spacial score (nSPS) is 12.4. The van der Waals surface area contributed by atoms with Crippen molar-refractivity contribution in [3.8, 4) is 11.5 Å². The van der Waals surface area contributed by atoms with E-state index < -0.39 is 11.2 Å². The van der Waals surface area contributed by atoms with Gasteiger partial charge in [0.1, 0.15) is 5.02 Å². The number of H-pyrrole nitrogens is 1. The average Bonchev–Trinajstić information content (AvgIpc) is 2.72. The van der Waals surface area contributed by atoms with E-state index in [-0.39, 0.29) is 6.10 Å². The molecule has 0 saturated carbocycles.